The van der Waals surface area contributed by atoms with Crippen LogP contribution in [-0.4, -0.2) is 30.4 Å². The molecule has 1 saturated heterocycles. The van der Waals surface area contributed by atoms with Crippen molar-refractivity contribution in [2.24, 2.45) is 0 Å². The van der Waals surface area contributed by atoms with E-state index in [9.17, 15) is 9.59 Å². The number of methoxy groups -OCH3 is 1. The van der Waals surface area contributed by atoms with E-state index in [4.69, 9.17) is 16.3 Å². The summed E-state index contributed by atoms with van der Waals surface area (Å²) in [6, 6.07) is 3.78. The van der Waals surface area contributed by atoms with Gasteiger partial charge in [0, 0.05) is 11.6 Å². The number of halogens is 2. The van der Waals surface area contributed by atoms with Gasteiger partial charge in [-0.3, -0.25) is 9.59 Å². The standard InChI is InChI=1S/C18H21BrClNO3/c1-10-8-12(19)9-11(2)14(10)18(20)15(22)17(21-16(18)23)6-4-13(24-3)5-7-17/h8-9,13H,4-7H2,1-3H3,(H,21,23). The molecule has 4 nitrogen and oxygen atoms in total. The van der Waals surface area contributed by atoms with Gasteiger partial charge < -0.3 is 10.1 Å². The summed E-state index contributed by atoms with van der Waals surface area (Å²) in [5.41, 5.74) is 1.42. The van der Waals surface area contributed by atoms with Crippen molar-refractivity contribution < 1.29 is 14.3 Å². The van der Waals surface area contributed by atoms with Gasteiger partial charge in [-0.2, -0.15) is 0 Å². The highest BCUT2D eigenvalue weighted by molar-refractivity contribution is 9.10. The fourth-order valence-corrected chi connectivity index (χ4v) is 5.36. The summed E-state index contributed by atoms with van der Waals surface area (Å²) in [4.78, 5) is 24.5. The van der Waals surface area contributed by atoms with Gasteiger partial charge in [-0.1, -0.05) is 27.5 Å². The molecule has 1 N–H and O–H groups in total. The highest BCUT2D eigenvalue weighted by Gasteiger charge is 2.63. The van der Waals surface area contributed by atoms with Crippen LogP contribution in [0.15, 0.2) is 16.6 Å². The number of benzene rings is 1. The van der Waals surface area contributed by atoms with Gasteiger partial charge in [0.05, 0.1) is 6.10 Å². The van der Waals surface area contributed by atoms with E-state index in [1.807, 2.05) is 26.0 Å². The third-order valence-corrected chi connectivity index (χ3v) is 6.36. The molecule has 0 aromatic heterocycles. The van der Waals surface area contributed by atoms with Gasteiger partial charge in [-0.05, 0) is 68.4 Å². The molecule has 1 aromatic carbocycles. The monoisotopic (exact) mass is 413 g/mol. The zero-order valence-corrected chi connectivity index (χ0v) is 16.4. The summed E-state index contributed by atoms with van der Waals surface area (Å²) >= 11 is 10.2. The number of ether oxygens (including phenoxy) is 1. The lowest BCUT2D eigenvalue weighted by Gasteiger charge is -2.35. The van der Waals surface area contributed by atoms with Crippen LogP contribution in [0.2, 0.25) is 0 Å². The van der Waals surface area contributed by atoms with Gasteiger partial charge in [0.15, 0.2) is 5.78 Å². The van der Waals surface area contributed by atoms with Crippen molar-refractivity contribution in [3.05, 3.63) is 33.3 Å². The van der Waals surface area contributed by atoms with E-state index in [1.165, 1.54) is 0 Å². The van der Waals surface area contributed by atoms with Crippen LogP contribution in [0.25, 0.3) is 0 Å². The summed E-state index contributed by atoms with van der Waals surface area (Å²) in [7, 11) is 1.68. The first kappa shape index (κ1) is 17.9. The molecule has 1 heterocycles. The Bertz CT molecular complexity index is 689. The number of carbonyl (C=O) groups excluding carboxylic acids is 2. The van der Waals surface area contributed by atoms with Crippen LogP contribution in [-0.2, 0) is 19.2 Å². The summed E-state index contributed by atoms with van der Waals surface area (Å²) in [5, 5.41) is 2.93. The van der Waals surface area contributed by atoms with E-state index in [0.29, 0.717) is 18.4 Å². The molecule has 1 atom stereocenters. The second-order valence-electron chi connectivity index (χ2n) is 6.87. The van der Waals surface area contributed by atoms with Gasteiger partial charge in [-0.15, -0.1) is 0 Å². The third kappa shape index (κ3) is 2.52. The van der Waals surface area contributed by atoms with Crippen LogP contribution >= 0.6 is 27.5 Å². The number of carbonyl (C=O) groups is 2. The van der Waals surface area contributed by atoms with Crippen molar-refractivity contribution in [2.45, 2.75) is 56.0 Å². The fourth-order valence-electron chi connectivity index (χ4n) is 4.15. The highest BCUT2D eigenvalue weighted by atomic mass is 79.9. The largest absolute Gasteiger partial charge is 0.381 e. The third-order valence-electron chi connectivity index (χ3n) is 5.37. The van der Waals surface area contributed by atoms with Crippen molar-refractivity contribution >= 4 is 39.2 Å². The van der Waals surface area contributed by atoms with Crippen LogP contribution in [0.4, 0.5) is 0 Å². The van der Waals surface area contributed by atoms with Gasteiger partial charge in [0.25, 0.3) is 5.91 Å². The second kappa shape index (κ2) is 6.11. The smallest absolute Gasteiger partial charge is 0.254 e. The predicted octanol–water partition coefficient (Wildman–Crippen LogP) is 3.53. The lowest BCUT2D eigenvalue weighted by atomic mass is 9.74. The molecule has 0 radical (unpaired) electrons. The maximum Gasteiger partial charge on any atom is 0.254 e. The number of rotatable bonds is 2. The Morgan fingerprint density at radius 1 is 1.21 bits per heavy atom. The van der Waals surface area contributed by atoms with Crippen molar-refractivity contribution in [1.82, 2.24) is 5.32 Å². The SMILES string of the molecule is COC1CCC2(CC1)NC(=O)C(Cl)(c1c(C)cc(Br)cc1C)C2=O. The Labute approximate surface area is 155 Å². The van der Waals surface area contributed by atoms with Gasteiger partial charge in [-0.25, -0.2) is 0 Å². The molecule has 1 amide bonds. The molecule has 1 aromatic rings. The van der Waals surface area contributed by atoms with Crippen LogP contribution in [0.5, 0.6) is 0 Å². The van der Waals surface area contributed by atoms with Crippen LogP contribution in [0.3, 0.4) is 0 Å². The molecule has 1 spiro atoms. The van der Waals surface area contributed by atoms with E-state index in [2.05, 4.69) is 21.2 Å². The maximum atomic E-state index is 13.3. The van der Waals surface area contributed by atoms with Crippen molar-refractivity contribution in [2.75, 3.05) is 7.11 Å². The molecule has 1 saturated carbocycles. The first-order valence-corrected chi connectivity index (χ1v) is 9.28. The van der Waals surface area contributed by atoms with Crippen LogP contribution in [0, 0.1) is 13.8 Å². The Hall–Kier alpha value is -0.910. The number of ketones is 1. The molecule has 1 aliphatic heterocycles. The molecule has 24 heavy (non-hydrogen) atoms. The first-order chi connectivity index (χ1) is 11.2. The Balaban J connectivity index is 2.03. The summed E-state index contributed by atoms with van der Waals surface area (Å²) in [6.07, 6.45) is 2.77. The number of amides is 1. The van der Waals surface area contributed by atoms with Crippen LogP contribution < -0.4 is 5.32 Å². The lowest BCUT2D eigenvalue weighted by Crippen LogP contribution is -2.50. The topological polar surface area (TPSA) is 55.4 Å². The average Bonchev–Trinajstić information content (AvgIpc) is 2.69. The molecule has 1 aliphatic carbocycles. The van der Waals surface area contributed by atoms with Gasteiger partial charge in [0.2, 0.25) is 4.87 Å². The first-order valence-electron chi connectivity index (χ1n) is 8.11. The number of Topliss-reactive ketones (excluding diaryl/α,β-unsaturated/α-hetero) is 1. The lowest BCUT2D eigenvalue weighted by molar-refractivity contribution is -0.128. The van der Waals surface area contributed by atoms with Crippen molar-refractivity contribution in [1.29, 1.82) is 0 Å². The van der Waals surface area contributed by atoms with E-state index in [1.54, 1.807) is 7.11 Å². The molecular weight excluding hydrogens is 394 g/mol. The van der Waals surface area contributed by atoms with E-state index >= 15 is 0 Å². The van der Waals surface area contributed by atoms with Gasteiger partial charge in [0.1, 0.15) is 5.54 Å². The fraction of sp³-hybridized carbons (Fsp3) is 0.556. The van der Waals surface area contributed by atoms with Gasteiger partial charge >= 0.3 is 0 Å². The van der Waals surface area contributed by atoms with E-state index < -0.39 is 16.3 Å². The quantitative estimate of drug-likeness (QED) is 0.595. The summed E-state index contributed by atoms with van der Waals surface area (Å²) in [5.74, 6) is -0.622. The van der Waals surface area contributed by atoms with Crippen molar-refractivity contribution in [3.8, 4) is 0 Å². The number of aryl methyl sites for hydroxylation is 2. The minimum atomic E-state index is -1.64. The predicted molar refractivity (Wildman–Crippen MR) is 96.3 cm³/mol. The molecule has 3 rings (SSSR count). The Kier molecular flexibility index (Phi) is 4.56. The maximum absolute atomic E-state index is 13.3. The number of hydrogen-bond donors (Lipinski definition) is 1. The average molecular weight is 415 g/mol. The van der Waals surface area contributed by atoms with E-state index in [-0.39, 0.29) is 11.9 Å². The minimum absolute atomic E-state index is 0.141. The van der Waals surface area contributed by atoms with Crippen LogP contribution in [0.1, 0.15) is 42.4 Å². The van der Waals surface area contributed by atoms with Crippen molar-refractivity contribution in [3.63, 3.8) is 0 Å². The minimum Gasteiger partial charge on any atom is -0.381 e. The second-order valence-corrected chi connectivity index (χ2v) is 8.36. The molecular formula is C18H21BrClNO3. The normalized spacial score (nSPS) is 33.1. The number of alkyl halides is 1. The number of hydrogen-bond acceptors (Lipinski definition) is 3. The molecule has 6 heteroatoms. The highest BCUT2D eigenvalue weighted by Crippen LogP contribution is 2.47. The summed E-state index contributed by atoms with van der Waals surface area (Å²) < 4.78 is 6.29. The molecule has 130 valence electrons. The molecule has 2 fully saturated rings. The molecule has 0 bridgehead atoms. The Morgan fingerprint density at radius 2 is 1.75 bits per heavy atom. The zero-order chi connectivity index (χ0) is 17.7. The molecule has 1 unspecified atom stereocenters. The Morgan fingerprint density at radius 3 is 2.25 bits per heavy atom. The zero-order valence-electron chi connectivity index (χ0n) is 14.0. The number of nitrogens with one attached hydrogen (secondary N) is 1. The molecule has 2 aliphatic rings. The summed E-state index contributed by atoms with van der Waals surface area (Å²) in [6.45, 7) is 3.76. The van der Waals surface area contributed by atoms with E-state index in [0.717, 1.165) is 28.4 Å².